The molecular formula is C19H17ClFN3. The van der Waals surface area contributed by atoms with Crippen molar-refractivity contribution in [3.63, 3.8) is 0 Å². The minimum Gasteiger partial charge on any atom is -0.359 e. The second-order valence-corrected chi connectivity index (χ2v) is 6.75. The molecule has 0 aliphatic carbocycles. The summed E-state index contributed by atoms with van der Waals surface area (Å²) in [5.74, 6) is -0.416. The fourth-order valence-corrected chi connectivity index (χ4v) is 3.57. The van der Waals surface area contributed by atoms with E-state index in [4.69, 9.17) is 11.6 Å². The van der Waals surface area contributed by atoms with Gasteiger partial charge in [0.25, 0.3) is 0 Å². The number of fused-ring (bicyclic) bond motifs is 3. The fraction of sp³-hybridized carbons (Fsp3) is 0.211. The molecule has 1 aromatic heterocycles. The van der Waals surface area contributed by atoms with Gasteiger partial charge in [-0.1, -0.05) is 29.3 Å². The zero-order valence-corrected chi connectivity index (χ0v) is 14.4. The first kappa shape index (κ1) is 15.2. The largest absolute Gasteiger partial charge is 0.359 e. The third kappa shape index (κ3) is 2.29. The van der Waals surface area contributed by atoms with Crippen molar-refractivity contribution in [3.8, 4) is 11.3 Å². The molecule has 2 aromatic carbocycles. The molecule has 3 aromatic rings. The molecule has 5 heteroatoms. The first-order valence-electron chi connectivity index (χ1n) is 7.83. The number of hydrogen-bond acceptors (Lipinski definition) is 2. The van der Waals surface area contributed by atoms with Gasteiger partial charge in [0.2, 0.25) is 0 Å². The van der Waals surface area contributed by atoms with E-state index in [2.05, 4.69) is 42.5 Å². The van der Waals surface area contributed by atoms with Crippen LogP contribution in [0.1, 0.15) is 28.6 Å². The molecule has 0 saturated carbocycles. The van der Waals surface area contributed by atoms with Crippen LogP contribution in [-0.4, -0.2) is 9.78 Å². The fourth-order valence-electron chi connectivity index (χ4n) is 3.38. The van der Waals surface area contributed by atoms with Crippen LogP contribution >= 0.6 is 11.6 Å². The molecule has 1 N–H and O–H groups in total. The van der Waals surface area contributed by atoms with Crippen LogP contribution in [0.2, 0.25) is 5.02 Å². The summed E-state index contributed by atoms with van der Waals surface area (Å²) >= 11 is 5.99. The van der Waals surface area contributed by atoms with Crippen molar-refractivity contribution in [3.05, 3.63) is 69.6 Å². The van der Waals surface area contributed by atoms with Crippen molar-refractivity contribution in [2.45, 2.75) is 26.9 Å². The molecule has 0 saturated heterocycles. The summed E-state index contributed by atoms with van der Waals surface area (Å²) in [5, 5.41) is 8.30. The van der Waals surface area contributed by atoms with Crippen LogP contribution < -0.4 is 5.32 Å². The van der Waals surface area contributed by atoms with Crippen molar-refractivity contribution < 1.29 is 4.39 Å². The molecule has 0 bridgehead atoms. The molecular weight excluding hydrogens is 325 g/mol. The molecule has 0 fully saturated rings. The number of aryl methyl sites for hydroxylation is 3. The minimum atomic E-state index is -0.416. The van der Waals surface area contributed by atoms with Crippen LogP contribution in [0.4, 0.5) is 10.1 Å². The van der Waals surface area contributed by atoms with E-state index in [1.54, 1.807) is 12.1 Å². The van der Waals surface area contributed by atoms with Gasteiger partial charge in [0.05, 0.1) is 16.4 Å². The number of benzene rings is 2. The second-order valence-electron chi connectivity index (χ2n) is 6.34. The van der Waals surface area contributed by atoms with E-state index in [0.29, 0.717) is 0 Å². The number of anilines is 1. The molecule has 4 rings (SSSR count). The second kappa shape index (κ2) is 5.35. The van der Waals surface area contributed by atoms with Crippen LogP contribution in [0.15, 0.2) is 36.4 Å². The highest BCUT2D eigenvalue weighted by Gasteiger charge is 2.28. The Morgan fingerprint density at radius 1 is 1.12 bits per heavy atom. The summed E-state index contributed by atoms with van der Waals surface area (Å²) in [4.78, 5) is 0. The molecule has 2 heterocycles. The SMILES string of the molecule is Cc1cc(C)c2c(c1)-c1cc(C)nn1C(c1ccc(F)c(Cl)c1)N2. The van der Waals surface area contributed by atoms with E-state index in [9.17, 15) is 4.39 Å². The number of nitrogens with one attached hydrogen (secondary N) is 1. The highest BCUT2D eigenvalue weighted by atomic mass is 35.5. The van der Waals surface area contributed by atoms with Crippen molar-refractivity contribution in [2.24, 2.45) is 0 Å². The minimum absolute atomic E-state index is 0.117. The van der Waals surface area contributed by atoms with Gasteiger partial charge in [-0.05, 0) is 56.2 Å². The molecule has 0 amide bonds. The maximum absolute atomic E-state index is 13.5. The Morgan fingerprint density at radius 2 is 1.92 bits per heavy atom. The summed E-state index contributed by atoms with van der Waals surface area (Å²) in [5.41, 5.74) is 7.47. The molecule has 1 aliphatic heterocycles. The van der Waals surface area contributed by atoms with E-state index in [-0.39, 0.29) is 11.2 Å². The lowest BCUT2D eigenvalue weighted by molar-refractivity contribution is 0.567. The van der Waals surface area contributed by atoms with Gasteiger partial charge in [-0.15, -0.1) is 0 Å². The maximum Gasteiger partial charge on any atom is 0.147 e. The number of halogens is 2. The van der Waals surface area contributed by atoms with E-state index in [1.165, 1.54) is 17.2 Å². The van der Waals surface area contributed by atoms with Crippen molar-refractivity contribution >= 4 is 17.3 Å². The summed E-state index contributed by atoms with van der Waals surface area (Å²) in [7, 11) is 0. The number of nitrogens with zero attached hydrogens (tertiary/aromatic N) is 2. The summed E-state index contributed by atoms with van der Waals surface area (Å²) < 4.78 is 15.5. The smallest absolute Gasteiger partial charge is 0.147 e. The van der Waals surface area contributed by atoms with Crippen LogP contribution in [0.5, 0.6) is 0 Å². The lowest BCUT2D eigenvalue weighted by Gasteiger charge is -2.31. The quantitative estimate of drug-likeness (QED) is 0.656. The zero-order chi connectivity index (χ0) is 17.0. The lowest BCUT2D eigenvalue weighted by Crippen LogP contribution is -2.26. The average molecular weight is 342 g/mol. The molecule has 1 atom stereocenters. The average Bonchev–Trinajstić information content (AvgIpc) is 2.91. The molecule has 24 heavy (non-hydrogen) atoms. The Morgan fingerprint density at radius 3 is 2.67 bits per heavy atom. The van der Waals surface area contributed by atoms with E-state index < -0.39 is 5.82 Å². The maximum atomic E-state index is 13.5. The van der Waals surface area contributed by atoms with Gasteiger partial charge >= 0.3 is 0 Å². The number of hydrogen-bond donors (Lipinski definition) is 1. The van der Waals surface area contributed by atoms with Gasteiger partial charge in [-0.25, -0.2) is 9.07 Å². The van der Waals surface area contributed by atoms with Crippen molar-refractivity contribution in [1.82, 2.24) is 9.78 Å². The van der Waals surface area contributed by atoms with E-state index in [1.807, 2.05) is 11.6 Å². The van der Waals surface area contributed by atoms with Crippen LogP contribution in [0, 0.1) is 26.6 Å². The predicted molar refractivity (Wildman–Crippen MR) is 95.0 cm³/mol. The zero-order valence-electron chi connectivity index (χ0n) is 13.7. The Balaban J connectivity index is 1.93. The van der Waals surface area contributed by atoms with Crippen LogP contribution in [0.3, 0.4) is 0 Å². The first-order chi connectivity index (χ1) is 11.4. The summed E-state index contributed by atoms with van der Waals surface area (Å²) in [6, 6.07) is 11.2. The summed E-state index contributed by atoms with van der Waals surface area (Å²) in [6.07, 6.45) is -0.222. The number of rotatable bonds is 1. The van der Waals surface area contributed by atoms with Gasteiger partial charge in [0, 0.05) is 11.3 Å². The highest BCUT2D eigenvalue weighted by Crippen LogP contribution is 2.41. The first-order valence-corrected chi connectivity index (χ1v) is 8.21. The molecule has 1 aliphatic rings. The Bertz CT molecular complexity index is 961. The van der Waals surface area contributed by atoms with E-state index in [0.717, 1.165) is 28.2 Å². The highest BCUT2D eigenvalue weighted by molar-refractivity contribution is 6.30. The van der Waals surface area contributed by atoms with Crippen LogP contribution in [0.25, 0.3) is 11.3 Å². The van der Waals surface area contributed by atoms with Gasteiger partial charge in [0.1, 0.15) is 12.0 Å². The molecule has 3 nitrogen and oxygen atoms in total. The molecule has 0 radical (unpaired) electrons. The van der Waals surface area contributed by atoms with Gasteiger partial charge in [-0.3, -0.25) is 0 Å². The predicted octanol–water partition coefficient (Wildman–Crippen LogP) is 5.24. The van der Waals surface area contributed by atoms with Gasteiger partial charge in [-0.2, -0.15) is 5.10 Å². The third-order valence-corrected chi connectivity index (χ3v) is 4.69. The molecule has 122 valence electrons. The van der Waals surface area contributed by atoms with Crippen molar-refractivity contribution in [1.29, 1.82) is 0 Å². The van der Waals surface area contributed by atoms with Crippen molar-refractivity contribution in [2.75, 3.05) is 5.32 Å². The monoisotopic (exact) mass is 341 g/mol. The van der Waals surface area contributed by atoms with E-state index >= 15 is 0 Å². The summed E-state index contributed by atoms with van der Waals surface area (Å²) in [6.45, 7) is 6.15. The normalized spacial score (nSPS) is 15.6. The standard InChI is InChI=1S/C19H17ClFN3/c1-10-6-11(2)18-14(7-10)17-8-12(3)23-24(17)19(22-18)13-4-5-16(21)15(20)9-13/h4-9,19,22H,1-3H3. The topological polar surface area (TPSA) is 29.9 Å². The Hall–Kier alpha value is -2.33. The van der Waals surface area contributed by atoms with Gasteiger partial charge < -0.3 is 5.32 Å². The van der Waals surface area contributed by atoms with Crippen LogP contribution in [-0.2, 0) is 0 Å². The Labute approximate surface area is 145 Å². The number of aromatic nitrogens is 2. The Kier molecular flexibility index (Phi) is 3.39. The third-order valence-electron chi connectivity index (χ3n) is 4.40. The van der Waals surface area contributed by atoms with Gasteiger partial charge in [0.15, 0.2) is 0 Å². The lowest BCUT2D eigenvalue weighted by atomic mass is 9.98. The molecule has 1 unspecified atom stereocenters. The molecule has 0 spiro atoms.